The van der Waals surface area contributed by atoms with Crippen LogP contribution in [0.15, 0.2) is 53.4 Å². The lowest BCUT2D eigenvalue weighted by atomic mass is 10.2. The zero-order valence-electron chi connectivity index (χ0n) is 15.6. The first kappa shape index (κ1) is 18.6. The second-order valence-corrected chi connectivity index (χ2v) is 8.67. The smallest absolute Gasteiger partial charge is 0.258 e. The third-order valence-electron chi connectivity index (χ3n) is 4.63. The van der Waals surface area contributed by atoms with Gasteiger partial charge in [0, 0.05) is 18.2 Å². The molecule has 2 N–H and O–H groups in total. The fraction of sp³-hybridized carbons (Fsp3) is 0.300. The van der Waals surface area contributed by atoms with Crippen LogP contribution in [-0.4, -0.2) is 29.9 Å². The van der Waals surface area contributed by atoms with Gasteiger partial charge in [-0.25, -0.2) is 18.1 Å². The number of para-hydroxylation sites is 2. The highest BCUT2D eigenvalue weighted by molar-refractivity contribution is 7.89. The number of nitrogens with zero attached hydrogens (tertiary/aromatic N) is 2. The number of aryl methyl sites for hydroxylation is 1. The van der Waals surface area contributed by atoms with E-state index in [0.717, 1.165) is 36.8 Å². The maximum absolute atomic E-state index is 12.8. The Balaban J connectivity index is 1.61. The number of carbonyl (C=O) groups excluding carboxylic acids is 1. The molecular weight excluding hydrogens is 376 g/mol. The molecule has 0 aliphatic heterocycles. The van der Waals surface area contributed by atoms with Crippen molar-refractivity contribution in [2.24, 2.45) is 0 Å². The van der Waals surface area contributed by atoms with E-state index in [1.54, 1.807) is 12.1 Å². The Morgan fingerprint density at radius 1 is 1.18 bits per heavy atom. The van der Waals surface area contributed by atoms with Gasteiger partial charge in [0.15, 0.2) is 0 Å². The number of rotatable bonds is 7. The predicted molar refractivity (Wildman–Crippen MR) is 108 cm³/mol. The van der Waals surface area contributed by atoms with Crippen LogP contribution in [0, 0.1) is 0 Å². The number of sulfonamides is 1. The van der Waals surface area contributed by atoms with Crippen LogP contribution >= 0.6 is 0 Å². The summed E-state index contributed by atoms with van der Waals surface area (Å²) in [6, 6.07) is 13.8. The monoisotopic (exact) mass is 398 g/mol. The largest absolute Gasteiger partial charge is 0.310 e. The minimum absolute atomic E-state index is 0.0106. The summed E-state index contributed by atoms with van der Waals surface area (Å²) in [5, 5.41) is 2.83. The molecule has 28 heavy (non-hydrogen) atoms. The Hall–Kier alpha value is -2.71. The molecular formula is C20H22N4O3S. The molecule has 1 aliphatic carbocycles. The quantitative estimate of drug-likeness (QED) is 0.639. The zero-order valence-corrected chi connectivity index (χ0v) is 16.4. The van der Waals surface area contributed by atoms with Crippen molar-refractivity contribution < 1.29 is 13.2 Å². The van der Waals surface area contributed by atoms with Crippen molar-refractivity contribution in [3.63, 3.8) is 0 Å². The summed E-state index contributed by atoms with van der Waals surface area (Å²) < 4.78 is 29.4. The molecule has 2 aromatic carbocycles. The van der Waals surface area contributed by atoms with Crippen LogP contribution in [0.1, 0.15) is 36.5 Å². The van der Waals surface area contributed by atoms with Crippen LogP contribution in [-0.2, 0) is 16.6 Å². The van der Waals surface area contributed by atoms with Gasteiger partial charge in [-0.3, -0.25) is 10.1 Å². The summed E-state index contributed by atoms with van der Waals surface area (Å²) in [6.45, 7) is 2.78. The van der Waals surface area contributed by atoms with Gasteiger partial charge < -0.3 is 4.57 Å². The van der Waals surface area contributed by atoms with Gasteiger partial charge in [0.1, 0.15) is 0 Å². The molecule has 1 heterocycles. The normalized spacial score (nSPS) is 14.3. The topological polar surface area (TPSA) is 93.1 Å². The van der Waals surface area contributed by atoms with Gasteiger partial charge in [-0.05, 0) is 49.6 Å². The maximum Gasteiger partial charge on any atom is 0.258 e. The molecule has 0 radical (unpaired) electrons. The van der Waals surface area contributed by atoms with Crippen LogP contribution in [0.3, 0.4) is 0 Å². The van der Waals surface area contributed by atoms with Crippen molar-refractivity contribution in [1.82, 2.24) is 14.3 Å². The van der Waals surface area contributed by atoms with Crippen LogP contribution < -0.4 is 10.0 Å². The lowest BCUT2D eigenvalue weighted by Crippen LogP contribution is -2.26. The first-order valence-electron chi connectivity index (χ1n) is 9.37. The van der Waals surface area contributed by atoms with E-state index in [4.69, 9.17) is 0 Å². The Morgan fingerprint density at radius 3 is 2.71 bits per heavy atom. The summed E-state index contributed by atoms with van der Waals surface area (Å²) in [6.07, 6.45) is 2.60. The number of imidazole rings is 1. The van der Waals surface area contributed by atoms with E-state index >= 15 is 0 Å². The third-order valence-corrected chi connectivity index (χ3v) is 6.15. The average Bonchev–Trinajstić information content (AvgIpc) is 3.43. The lowest BCUT2D eigenvalue weighted by molar-refractivity contribution is 0.102. The van der Waals surface area contributed by atoms with E-state index in [-0.39, 0.29) is 16.5 Å². The van der Waals surface area contributed by atoms with Gasteiger partial charge in [-0.2, -0.15) is 0 Å². The van der Waals surface area contributed by atoms with E-state index in [2.05, 4.69) is 21.9 Å². The molecule has 0 unspecified atom stereocenters. The minimum Gasteiger partial charge on any atom is -0.310 e. The summed E-state index contributed by atoms with van der Waals surface area (Å²) in [7, 11) is -3.61. The van der Waals surface area contributed by atoms with Crippen LogP contribution in [0.4, 0.5) is 5.95 Å². The number of anilines is 1. The fourth-order valence-electron chi connectivity index (χ4n) is 3.09. The van der Waals surface area contributed by atoms with E-state index in [1.807, 2.05) is 28.8 Å². The molecule has 8 heteroatoms. The van der Waals surface area contributed by atoms with Crippen LogP contribution in [0.5, 0.6) is 0 Å². The molecule has 1 saturated carbocycles. The van der Waals surface area contributed by atoms with Crippen molar-refractivity contribution in [2.75, 3.05) is 5.32 Å². The molecule has 4 rings (SSSR count). The predicted octanol–water partition coefficient (Wildman–Crippen LogP) is 3.14. The number of amides is 1. The van der Waals surface area contributed by atoms with Crippen LogP contribution in [0.2, 0.25) is 0 Å². The molecule has 146 valence electrons. The van der Waals surface area contributed by atoms with Gasteiger partial charge in [-0.15, -0.1) is 0 Å². The number of carbonyl (C=O) groups is 1. The van der Waals surface area contributed by atoms with E-state index in [9.17, 15) is 13.2 Å². The van der Waals surface area contributed by atoms with E-state index in [0.29, 0.717) is 5.95 Å². The Morgan fingerprint density at radius 2 is 1.96 bits per heavy atom. The number of hydrogen-bond acceptors (Lipinski definition) is 4. The second kappa shape index (κ2) is 7.37. The molecule has 1 aliphatic rings. The summed E-state index contributed by atoms with van der Waals surface area (Å²) >= 11 is 0. The van der Waals surface area contributed by atoms with Gasteiger partial charge >= 0.3 is 0 Å². The molecule has 1 amide bonds. The minimum atomic E-state index is -3.61. The van der Waals surface area contributed by atoms with Gasteiger partial charge in [0.25, 0.3) is 5.91 Å². The number of aromatic nitrogens is 2. The number of fused-ring (bicyclic) bond motifs is 1. The summed E-state index contributed by atoms with van der Waals surface area (Å²) in [4.78, 5) is 17.4. The van der Waals surface area contributed by atoms with Gasteiger partial charge in [-0.1, -0.05) is 25.1 Å². The van der Waals surface area contributed by atoms with Crippen molar-refractivity contribution in [2.45, 2.75) is 43.7 Å². The third kappa shape index (κ3) is 3.79. The van der Waals surface area contributed by atoms with Crippen molar-refractivity contribution in [3.05, 3.63) is 54.1 Å². The average molecular weight is 398 g/mol. The zero-order chi connectivity index (χ0) is 19.7. The van der Waals surface area contributed by atoms with E-state index < -0.39 is 15.9 Å². The molecule has 1 fully saturated rings. The van der Waals surface area contributed by atoms with Crippen molar-refractivity contribution in [3.8, 4) is 0 Å². The number of benzene rings is 2. The summed E-state index contributed by atoms with van der Waals surface area (Å²) in [5.41, 5.74) is 2.02. The lowest BCUT2D eigenvalue weighted by Gasteiger charge is -2.10. The first-order valence-corrected chi connectivity index (χ1v) is 10.9. The maximum atomic E-state index is 12.8. The van der Waals surface area contributed by atoms with E-state index in [1.165, 1.54) is 12.1 Å². The summed E-state index contributed by atoms with van der Waals surface area (Å²) in [5.74, 6) is 0.0635. The molecule has 0 spiro atoms. The highest BCUT2D eigenvalue weighted by Gasteiger charge is 2.28. The molecule has 0 saturated heterocycles. The van der Waals surface area contributed by atoms with Crippen molar-refractivity contribution in [1.29, 1.82) is 0 Å². The second-order valence-electron chi connectivity index (χ2n) is 6.95. The Kier molecular flexibility index (Phi) is 4.91. The molecule has 0 atom stereocenters. The molecule has 0 bridgehead atoms. The Bertz CT molecular complexity index is 1130. The molecule has 1 aromatic heterocycles. The highest BCUT2D eigenvalue weighted by atomic mass is 32.2. The number of nitrogens with one attached hydrogen (secondary N) is 2. The molecule has 3 aromatic rings. The van der Waals surface area contributed by atoms with Gasteiger partial charge in [0.05, 0.1) is 15.9 Å². The van der Waals surface area contributed by atoms with Crippen LogP contribution in [0.25, 0.3) is 11.0 Å². The first-order chi connectivity index (χ1) is 13.5. The fourth-order valence-corrected chi connectivity index (χ4v) is 4.44. The molecule has 7 nitrogen and oxygen atoms in total. The number of hydrogen-bond donors (Lipinski definition) is 2. The highest BCUT2D eigenvalue weighted by Crippen LogP contribution is 2.23. The Labute approximate surface area is 163 Å². The standard InChI is InChI=1S/C20H22N4O3S/c1-2-12-24-18-9-4-3-8-17(18)21-20(24)22-19(25)14-6-5-7-16(13-14)28(26,27)23-15-10-11-15/h3-9,13,15,23H,2,10-12H2,1H3,(H,21,22,25). The van der Waals surface area contributed by atoms with Gasteiger partial charge in [0.2, 0.25) is 16.0 Å². The van der Waals surface area contributed by atoms with Crippen molar-refractivity contribution >= 4 is 32.9 Å². The SMILES string of the molecule is CCCn1c(NC(=O)c2cccc(S(=O)(=O)NC3CC3)c2)nc2ccccc21.